The van der Waals surface area contributed by atoms with Gasteiger partial charge in [0, 0.05) is 0 Å². The number of carbonyl (C=O) groups excluding carboxylic acids is 1. The molecule has 0 radical (unpaired) electrons. The summed E-state index contributed by atoms with van der Waals surface area (Å²) in [5, 5.41) is 3.43. The molecule has 1 aliphatic heterocycles. The van der Waals surface area contributed by atoms with Gasteiger partial charge in [0.05, 0.1) is 5.69 Å². The van der Waals surface area contributed by atoms with E-state index < -0.39 is 0 Å². The number of nitrogens with one attached hydrogen (secondary N) is 1. The van der Waals surface area contributed by atoms with Crippen LogP contribution in [0.25, 0.3) is 6.08 Å². The van der Waals surface area contributed by atoms with Crippen LogP contribution >= 0.6 is 12.2 Å². The van der Waals surface area contributed by atoms with Gasteiger partial charge in [0.25, 0.3) is 5.91 Å². The molecule has 0 unspecified atom stereocenters. The van der Waals surface area contributed by atoms with Crippen LogP contribution in [0.3, 0.4) is 0 Å². The summed E-state index contributed by atoms with van der Waals surface area (Å²) < 4.78 is 0. The Labute approximate surface area is 135 Å². The number of nitrogens with zero attached hydrogens (tertiary/aromatic N) is 1. The maximum absolute atomic E-state index is 12.7. The van der Waals surface area contributed by atoms with Gasteiger partial charge in [-0.15, -0.1) is 0 Å². The van der Waals surface area contributed by atoms with Crippen molar-refractivity contribution in [3.8, 4) is 0 Å². The second-order valence-corrected chi connectivity index (χ2v) is 5.72. The molecule has 1 fully saturated rings. The van der Waals surface area contributed by atoms with Crippen LogP contribution in [0.5, 0.6) is 0 Å². The van der Waals surface area contributed by atoms with Gasteiger partial charge in [-0.25, -0.2) is 0 Å². The highest BCUT2D eigenvalue weighted by atomic mass is 32.1. The van der Waals surface area contributed by atoms with Crippen molar-refractivity contribution in [2.24, 2.45) is 0 Å². The van der Waals surface area contributed by atoms with Crippen LogP contribution in [0.4, 0.5) is 5.69 Å². The summed E-state index contributed by atoms with van der Waals surface area (Å²) in [6.07, 6.45) is 1.83. The summed E-state index contributed by atoms with van der Waals surface area (Å²) in [5.41, 5.74) is 4.46. The molecule has 0 saturated carbocycles. The van der Waals surface area contributed by atoms with E-state index in [4.69, 9.17) is 12.2 Å². The molecule has 22 heavy (non-hydrogen) atoms. The number of amides is 1. The van der Waals surface area contributed by atoms with Crippen molar-refractivity contribution in [1.82, 2.24) is 5.32 Å². The Morgan fingerprint density at radius 1 is 1.09 bits per heavy atom. The topological polar surface area (TPSA) is 32.3 Å². The Kier molecular flexibility index (Phi) is 3.77. The standard InChI is InChI=1S/C18H16N2OS/c1-12-6-5-8-14(10-12)11-15-17(21)20(18(22)19-15)16-9-4-3-7-13(16)2/h3-11H,1-2H3,(H,19,22)/b15-11-. The van der Waals surface area contributed by atoms with Crippen molar-refractivity contribution in [1.29, 1.82) is 0 Å². The molecular formula is C18H16N2OS. The zero-order chi connectivity index (χ0) is 15.7. The minimum Gasteiger partial charge on any atom is -0.327 e. The van der Waals surface area contributed by atoms with Gasteiger partial charge in [-0.2, -0.15) is 0 Å². The summed E-state index contributed by atoms with van der Waals surface area (Å²) in [7, 11) is 0. The van der Waals surface area contributed by atoms with E-state index in [2.05, 4.69) is 5.32 Å². The Balaban J connectivity index is 1.97. The lowest BCUT2D eigenvalue weighted by molar-refractivity contribution is -0.113. The molecule has 3 rings (SSSR count). The van der Waals surface area contributed by atoms with Crippen molar-refractivity contribution in [3.05, 3.63) is 70.9 Å². The molecule has 0 bridgehead atoms. The Morgan fingerprint density at radius 2 is 1.86 bits per heavy atom. The molecule has 3 nitrogen and oxygen atoms in total. The Morgan fingerprint density at radius 3 is 2.59 bits per heavy atom. The van der Waals surface area contributed by atoms with E-state index >= 15 is 0 Å². The van der Waals surface area contributed by atoms with Crippen LogP contribution < -0.4 is 10.2 Å². The van der Waals surface area contributed by atoms with Gasteiger partial charge >= 0.3 is 0 Å². The van der Waals surface area contributed by atoms with E-state index in [1.165, 1.54) is 0 Å². The maximum atomic E-state index is 12.7. The monoisotopic (exact) mass is 308 g/mol. The molecule has 0 aliphatic carbocycles. The van der Waals surface area contributed by atoms with E-state index in [0.29, 0.717) is 10.8 Å². The number of thiocarbonyl (C=S) groups is 1. The molecule has 2 aromatic rings. The zero-order valence-electron chi connectivity index (χ0n) is 12.5. The zero-order valence-corrected chi connectivity index (χ0v) is 13.3. The largest absolute Gasteiger partial charge is 0.327 e. The smallest absolute Gasteiger partial charge is 0.281 e. The number of hydrogen-bond acceptors (Lipinski definition) is 2. The molecule has 0 spiro atoms. The van der Waals surface area contributed by atoms with Crippen LogP contribution in [-0.2, 0) is 4.79 Å². The summed E-state index contributed by atoms with van der Waals surface area (Å²) in [4.78, 5) is 14.2. The van der Waals surface area contributed by atoms with Gasteiger partial charge in [-0.1, -0.05) is 48.0 Å². The number of benzene rings is 2. The van der Waals surface area contributed by atoms with E-state index in [0.717, 1.165) is 22.4 Å². The van der Waals surface area contributed by atoms with Crippen LogP contribution in [0.15, 0.2) is 54.2 Å². The number of anilines is 1. The minimum atomic E-state index is -0.124. The average Bonchev–Trinajstić information content (AvgIpc) is 2.74. The average molecular weight is 308 g/mol. The molecule has 0 atom stereocenters. The van der Waals surface area contributed by atoms with Crippen LogP contribution in [0.1, 0.15) is 16.7 Å². The molecule has 1 aliphatic rings. The first-order valence-corrected chi connectivity index (χ1v) is 7.46. The van der Waals surface area contributed by atoms with Gasteiger partial charge in [-0.05, 0) is 49.3 Å². The summed E-state index contributed by atoms with van der Waals surface area (Å²) in [6, 6.07) is 15.7. The van der Waals surface area contributed by atoms with Gasteiger partial charge < -0.3 is 5.32 Å². The second kappa shape index (κ2) is 5.73. The third-order valence-corrected chi connectivity index (χ3v) is 3.87. The first kappa shape index (κ1) is 14.5. The third kappa shape index (κ3) is 2.65. The molecule has 1 heterocycles. The summed E-state index contributed by atoms with van der Waals surface area (Å²) in [6.45, 7) is 3.99. The second-order valence-electron chi connectivity index (χ2n) is 5.33. The molecule has 0 aromatic heterocycles. The highest BCUT2D eigenvalue weighted by Gasteiger charge is 2.32. The molecule has 110 valence electrons. The quantitative estimate of drug-likeness (QED) is 0.680. The number of rotatable bonds is 2. The molecule has 1 saturated heterocycles. The van der Waals surface area contributed by atoms with Crippen molar-refractivity contribution < 1.29 is 4.79 Å². The Hall–Kier alpha value is -2.46. The van der Waals surface area contributed by atoms with E-state index in [-0.39, 0.29) is 5.91 Å². The van der Waals surface area contributed by atoms with Gasteiger partial charge in [-0.3, -0.25) is 9.69 Å². The fourth-order valence-corrected chi connectivity index (χ4v) is 2.79. The van der Waals surface area contributed by atoms with E-state index in [1.54, 1.807) is 4.90 Å². The van der Waals surface area contributed by atoms with Crippen molar-refractivity contribution in [2.45, 2.75) is 13.8 Å². The highest BCUT2D eigenvalue weighted by Crippen LogP contribution is 2.25. The molecular weight excluding hydrogens is 292 g/mol. The normalized spacial score (nSPS) is 16.3. The van der Waals surface area contributed by atoms with Gasteiger partial charge in [0.1, 0.15) is 5.70 Å². The van der Waals surface area contributed by atoms with Crippen LogP contribution in [-0.4, -0.2) is 11.0 Å². The first-order chi connectivity index (χ1) is 10.6. The molecule has 2 aromatic carbocycles. The van der Waals surface area contributed by atoms with E-state index in [1.807, 2.05) is 68.5 Å². The van der Waals surface area contributed by atoms with Gasteiger partial charge in [0.15, 0.2) is 5.11 Å². The minimum absolute atomic E-state index is 0.124. The summed E-state index contributed by atoms with van der Waals surface area (Å²) >= 11 is 5.33. The van der Waals surface area contributed by atoms with Crippen LogP contribution in [0, 0.1) is 13.8 Å². The number of aryl methyl sites for hydroxylation is 2. The first-order valence-electron chi connectivity index (χ1n) is 7.06. The molecule has 4 heteroatoms. The lowest BCUT2D eigenvalue weighted by Crippen LogP contribution is -2.30. The molecule has 1 amide bonds. The number of carbonyl (C=O) groups is 1. The predicted octanol–water partition coefficient (Wildman–Crippen LogP) is 3.57. The predicted molar refractivity (Wildman–Crippen MR) is 93.6 cm³/mol. The molecule has 1 N–H and O–H groups in total. The summed E-state index contributed by atoms with van der Waals surface area (Å²) in [5.74, 6) is -0.124. The van der Waals surface area contributed by atoms with Gasteiger partial charge in [0.2, 0.25) is 0 Å². The third-order valence-electron chi connectivity index (χ3n) is 3.59. The number of para-hydroxylation sites is 1. The maximum Gasteiger partial charge on any atom is 0.281 e. The lowest BCUT2D eigenvalue weighted by Gasteiger charge is -2.16. The van der Waals surface area contributed by atoms with Crippen molar-refractivity contribution in [2.75, 3.05) is 4.90 Å². The van der Waals surface area contributed by atoms with Crippen LogP contribution in [0.2, 0.25) is 0 Å². The SMILES string of the molecule is Cc1cccc(/C=C2\NC(=S)N(c3ccccc3C)C2=O)c1. The van der Waals surface area contributed by atoms with Crippen molar-refractivity contribution in [3.63, 3.8) is 0 Å². The Bertz CT molecular complexity index is 795. The lowest BCUT2D eigenvalue weighted by atomic mass is 10.1. The van der Waals surface area contributed by atoms with E-state index in [9.17, 15) is 4.79 Å². The van der Waals surface area contributed by atoms with Crippen molar-refractivity contribution >= 4 is 35.0 Å². The fraction of sp³-hybridized carbons (Fsp3) is 0.111. The fourth-order valence-electron chi connectivity index (χ4n) is 2.49. The highest BCUT2D eigenvalue weighted by molar-refractivity contribution is 7.80. The number of hydrogen-bond donors (Lipinski definition) is 1.